The molecule has 16 heavy (non-hydrogen) atoms. The van der Waals surface area contributed by atoms with Crippen LogP contribution < -0.4 is 0 Å². The van der Waals surface area contributed by atoms with Crippen LogP contribution in [0.2, 0.25) is 0 Å². The van der Waals surface area contributed by atoms with E-state index in [1.807, 2.05) is 51.1 Å². The van der Waals surface area contributed by atoms with Gasteiger partial charge in [0.25, 0.3) is 0 Å². The fourth-order valence-corrected chi connectivity index (χ4v) is 1.48. The first-order valence-corrected chi connectivity index (χ1v) is 5.51. The summed E-state index contributed by atoms with van der Waals surface area (Å²) in [6, 6.07) is 9.63. The normalized spacial score (nSPS) is 13.2. The van der Waals surface area contributed by atoms with Crippen molar-refractivity contribution >= 4 is 5.97 Å². The molecule has 0 saturated heterocycles. The number of carbonyl (C=O) groups excluding carboxylic acids is 1. The SMILES string of the molecule is [CH2]C[C@H](C(=O)OC(C)(C)C)c1ccccc1. The molecule has 87 valence electrons. The minimum absolute atomic E-state index is 0.200. The molecule has 1 aromatic rings. The maximum Gasteiger partial charge on any atom is 0.313 e. The molecule has 1 radical (unpaired) electrons. The summed E-state index contributed by atoms with van der Waals surface area (Å²) in [4.78, 5) is 11.9. The Balaban J connectivity index is 2.80. The Kier molecular flexibility index (Phi) is 4.11. The molecule has 0 heterocycles. The molecule has 0 aliphatic rings. The number of hydrogen-bond acceptors (Lipinski definition) is 2. The molecule has 0 aromatic heterocycles. The highest BCUT2D eigenvalue weighted by Gasteiger charge is 2.24. The molecular formula is C14H19O2. The van der Waals surface area contributed by atoms with Gasteiger partial charge >= 0.3 is 5.97 Å². The number of esters is 1. The van der Waals surface area contributed by atoms with Crippen LogP contribution in [0, 0.1) is 6.92 Å². The first kappa shape index (κ1) is 12.8. The van der Waals surface area contributed by atoms with Crippen LogP contribution in [0.25, 0.3) is 0 Å². The molecule has 0 N–H and O–H groups in total. The molecule has 2 nitrogen and oxygen atoms in total. The summed E-state index contributed by atoms with van der Waals surface area (Å²) in [5.41, 5.74) is 0.519. The van der Waals surface area contributed by atoms with Gasteiger partial charge in [0.2, 0.25) is 0 Å². The molecule has 0 bridgehead atoms. The molecule has 1 aromatic carbocycles. The number of ether oxygens (including phenoxy) is 1. The van der Waals surface area contributed by atoms with E-state index in [1.54, 1.807) is 0 Å². The Morgan fingerprint density at radius 3 is 2.31 bits per heavy atom. The van der Waals surface area contributed by atoms with E-state index in [0.29, 0.717) is 6.42 Å². The fourth-order valence-electron chi connectivity index (χ4n) is 1.48. The lowest BCUT2D eigenvalue weighted by molar-refractivity contribution is -0.156. The summed E-state index contributed by atoms with van der Waals surface area (Å²) < 4.78 is 5.37. The van der Waals surface area contributed by atoms with E-state index >= 15 is 0 Å². The Hall–Kier alpha value is -1.31. The Labute approximate surface area is 97.6 Å². The van der Waals surface area contributed by atoms with Crippen molar-refractivity contribution in [2.24, 2.45) is 0 Å². The molecule has 0 saturated carbocycles. The molecule has 0 spiro atoms. The second-order valence-electron chi connectivity index (χ2n) is 4.79. The van der Waals surface area contributed by atoms with Crippen molar-refractivity contribution in [1.29, 1.82) is 0 Å². The third-order valence-corrected chi connectivity index (χ3v) is 2.18. The summed E-state index contributed by atoms with van der Waals surface area (Å²) in [6.45, 7) is 9.43. The van der Waals surface area contributed by atoms with Crippen LogP contribution in [0.3, 0.4) is 0 Å². The van der Waals surface area contributed by atoms with Gasteiger partial charge in [-0.2, -0.15) is 0 Å². The monoisotopic (exact) mass is 219 g/mol. The summed E-state index contributed by atoms with van der Waals surface area (Å²) >= 11 is 0. The quantitative estimate of drug-likeness (QED) is 0.729. The fraction of sp³-hybridized carbons (Fsp3) is 0.429. The number of hydrogen-bond donors (Lipinski definition) is 0. The lowest BCUT2D eigenvalue weighted by atomic mass is 9.96. The van der Waals surface area contributed by atoms with Crippen LogP contribution in [0.4, 0.5) is 0 Å². The van der Waals surface area contributed by atoms with E-state index in [9.17, 15) is 4.79 Å². The minimum atomic E-state index is -0.445. The van der Waals surface area contributed by atoms with E-state index in [-0.39, 0.29) is 11.9 Å². The molecule has 2 heteroatoms. The smallest absolute Gasteiger partial charge is 0.313 e. The second kappa shape index (κ2) is 5.15. The zero-order chi connectivity index (χ0) is 12.2. The van der Waals surface area contributed by atoms with Crippen LogP contribution >= 0.6 is 0 Å². The zero-order valence-corrected chi connectivity index (χ0v) is 10.2. The Bertz CT molecular complexity index is 336. The molecular weight excluding hydrogens is 200 g/mol. The highest BCUT2D eigenvalue weighted by molar-refractivity contribution is 5.78. The van der Waals surface area contributed by atoms with Gasteiger partial charge in [-0.25, -0.2) is 0 Å². The Morgan fingerprint density at radius 1 is 1.31 bits per heavy atom. The predicted molar refractivity (Wildman–Crippen MR) is 65.0 cm³/mol. The molecule has 0 aliphatic carbocycles. The van der Waals surface area contributed by atoms with E-state index < -0.39 is 5.60 Å². The van der Waals surface area contributed by atoms with Gasteiger partial charge in [-0.3, -0.25) is 4.79 Å². The standard InChI is InChI=1S/C14H19O2/c1-5-12(11-9-7-6-8-10-11)13(15)16-14(2,3)4/h6-10,12H,1,5H2,2-4H3/t12-/m0/s1. The highest BCUT2D eigenvalue weighted by Crippen LogP contribution is 2.23. The highest BCUT2D eigenvalue weighted by atomic mass is 16.6. The van der Waals surface area contributed by atoms with Gasteiger partial charge in [-0.15, -0.1) is 0 Å². The van der Waals surface area contributed by atoms with E-state index in [4.69, 9.17) is 4.74 Å². The number of carbonyl (C=O) groups is 1. The third-order valence-electron chi connectivity index (χ3n) is 2.18. The van der Waals surface area contributed by atoms with Crippen molar-refractivity contribution in [2.45, 2.75) is 38.7 Å². The topological polar surface area (TPSA) is 26.3 Å². The van der Waals surface area contributed by atoms with E-state index in [2.05, 4.69) is 6.92 Å². The number of rotatable bonds is 3. The van der Waals surface area contributed by atoms with Gasteiger partial charge < -0.3 is 4.74 Å². The second-order valence-corrected chi connectivity index (χ2v) is 4.79. The van der Waals surface area contributed by atoms with Gasteiger partial charge in [0, 0.05) is 0 Å². The van der Waals surface area contributed by atoms with Crippen molar-refractivity contribution in [1.82, 2.24) is 0 Å². The van der Waals surface area contributed by atoms with Gasteiger partial charge in [-0.05, 0) is 32.8 Å². The third kappa shape index (κ3) is 3.69. The minimum Gasteiger partial charge on any atom is -0.459 e. The van der Waals surface area contributed by atoms with Crippen molar-refractivity contribution in [3.05, 3.63) is 42.8 Å². The average Bonchev–Trinajstić information content (AvgIpc) is 2.17. The zero-order valence-electron chi connectivity index (χ0n) is 10.2. The van der Waals surface area contributed by atoms with Crippen LogP contribution in [-0.2, 0) is 9.53 Å². The van der Waals surface area contributed by atoms with Gasteiger partial charge in [0.15, 0.2) is 0 Å². The maximum absolute atomic E-state index is 11.9. The molecule has 0 fully saturated rings. The molecule has 0 amide bonds. The van der Waals surface area contributed by atoms with Crippen molar-refractivity contribution in [3.63, 3.8) is 0 Å². The van der Waals surface area contributed by atoms with E-state index in [0.717, 1.165) is 5.56 Å². The molecule has 0 aliphatic heterocycles. The van der Waals surface area contributed by atoms with Crippen molar-refractivity contribution in [2.75, 3.05) is 0 Å². The first-order chi connectivity index (χ1) is 7.44. The van der Waals surface area contributed by atoms with Crippen LogP contribution in [0.5, 0.6) is 0 Å². The summed E-state index contributed by atoms with van der Waals surface area (Å²) in [6.07, 6.45) is 0.513. The lowest BCUT2D eigenvalue weighted by Gasteiger charge is -2.23. The number of benzene rings is 1. The summed E-state index contributed by atoms with van der Waals surface area (Å²) in [7, 11) is 0. The van der Waals surface area contributed by atoms with Gasteiger partial charge in [0.1, 0.15) is 5.60 Å². The van der Waals surface area contributed by atoms with Gasteiger partial charge in [-0.1, -0.05) is 37.3 Å². The van der Waals surface area contributed by atoms with Crippen molar-refractivity contribution in [3.8, 4) is 0 Å². The van der Waals surface area contributed by atoms with Crippen molar-refractivity contribution < 1.29 is 9.53 Å². The van der Waals surface area contributed by atoms with E-state index in [1.165, 1.54) is 0 Å². The maximum atomic E-state index is 11.9. The molecule has 1 rings (SSSR count). The van der Waals surface area contributed by atoms with Crippen LogP contribution in [-0.4, -0.2) is 11.6 Å². The predicted octanol–water partition coefficient (Wildman–Crippen LogP) is 3.34. The average molecular weight is 219 g/mol. The first-order valence-electron chi connectivity index (χ1n) is 5.51. The lowest BCUT2D eigenvalue weighted by Crippen LogP contribution is -2.27. The van der Waals surface area contributed by atoms with Crippen LogP contribution in [0.15, 0.2) is 30.3 Å². The Morgan fingerprint density at radius 2 is 1.88 bits per heavy atom. The van der Waals surface area contributed by atoms with Crippen LogP contribution in [0.1, 0.15) is 38.7 Å². The molecule has 0 unspecified atom stereocenters. The largest absolute Gasteiger partial charge is 0.459 e. The molecule has 1 atom stereocenters. The summed E-state index contributed by atoms with van der Waals surface area (Å²) in [5, 5.41) is 0. The summed E-state index contributed by atoms with van der Waals surface area (Å²) in [5.74, 6) is -0.464. The van der Waals surface area contributed by atoms with Gasteiger partial charge in [0.05, 0.1) is 5.92 Å².